The maximum absolute atomic E-state index is 10.3. The number of nitrogens with zero attached hydrogens (tertiary/aromatic N) is 3. The number of amides is 1. The van der Waals surface area contributed by atoms with E-state index < -0.39 is 6.09 Å². The topological polar surface area (TPSA) is 120 Å². The number of primary amides is 1. The predicted octanol–water partition coefficient (Wildman–Crippen LogP) is 2.77. The SMILES string of the molecule is [N-]=[N+]=NCCCCCOCCOCCCCCOC(N)=O. The van der Waals surface area contributed by atoms with E-state index in [1.54, 1.807) is 0 Å². The summed E-state index contributed by atoms with van der Waals surface area (Å²) >= 11 is 0. The van der Waals surface area contributed by atoms with Crippen LogP contribution in [-0.2, 0) is 14.2 Å². The van der Waals surface area contributed by atoms with Crippen molar-refractivity contribution in [2.75, 3.05) is 39.6 Å². The lowest BCUT2D eigenvalue weighted by Crippen LogP contribution is -2.13. The average Bonchev–Trinajstić information content (AvgIpc) is 2.46. The van der Waals surface area contributed by atoms with Gasteiger partial charge in [-0.3, -0.25) is 0 Å². The van der Waals surface area contributed by atoms with Crippen molar-refractivity contribution in [1.29, 1.82) is 0 Å². The van der Waals surface area contributed by atoms with Crippen LogP contribution < -0.4 is 5.73 Å². The summed E-state index contributed by atoms with van der Waals surface area (Å²) in [5.74, 6) is 0. The minimum Gasteiger partial charge on any atom is -0.450 e. The van der Waals surface area contributed by atoms with Crippen LogP contribution in [0.4, 0.5) is 4.79 Å². The first-order chi connectivity index (χ1) is 10.3. The highest BCUT2D eigenvalue weighted by Gasteiger charge is 1.95. The van der Waals surface area contributed by atoms with Gasteiger partial charge in [0.05, 0.1) is 19.8 Å². The zero-order chi connectivity index (χ0) is 15.6. The van der Waals surface area contributed by atoms with Crippen molar-refractivity contribution < 1.29 is 19.0 Å². The Kier molecular flexibility index (Phi) is 15.4. The molecular formula is C13H26N4O4. The molecule has 0 atom stereocenters. The molecule has 0 aliphatic heterocycles. The highest BCUT2D eigenvalue weighted by Crippen LogP contribution is 1.98. The fraction of sp³-hybridized carbons (Fsp3) is 0.923. The molecule has 0 bridgehead atoms. The molecule has 0 unspecified atom stereocenters. The van der Waals surface area contributed by atoms with E-state index >= 15 is 0 Å². The Morgan fingerprint density at radius 2 is 1.48 bits per heavy atom. The van der Waals surface area contributed by atoms with Gasteiger partial charge < -0.3 is 19.9 Å². The van der Waals surface area contributed by atoms with Gasteiger partial charge >= 0.3 is 6.09 Å². The van der Waals surface area contributed by atoms with Crippen molar-refractivity contribution in [2.24, 2.45) is 10.8 Å². The van der Waals surface area contributed by atoms with Crippen LogP contribution in [0.25, 0.3) is 10.4 Å². The van der Waals surface area contributed by atoms with Crippen LogP contribution in [0.1, 0.15) is 38.5 Å². The lowest BCUT2D eigenvalue weighted by atomic mass is 10.2. The van der Waals surface area contributed by atoms with Gasteiger partial charge in [0.15, 0.2) is 0 Å². The van der Waals surface area contributed by atoms with Gasteiger partial charge in [-0.15, -0.1) is 0 Å². The summed E-state index contributed by atoms with van der Waals surface area (Å²) in [6.07, 6.45) is 4.85. The van der Waals surface area contributed by atoms with E-state index in [1.165, 1.54) is 0 Å². The number of carbonyl (C=O) groups excluding carboxylic acids is 1. The van der Waals surface area contributed by atoms with Gasteiger partial charge in [0, 0.05) is 24.7 Å². The number of ether oxygens (including phenoxy) is 3. The van der Waals surface area contributed by atoms with Crippen LogP contribution >= 0.6 is 0 Å². The quantitative estimate of drug-likeness (QED) is 0.216. The third kappa shape index (κ3) is 18.5. The van der Waals surface area contributed by atoms with Crippen molar-refractivity contribution in [1.82, 2.24) is 0 Å². The van der Waals surface area contributed by atoms with Crippen LogP contribution in [0.15, 0.2) is 5.11 Å². The third-order valence-electron chi connectivity index (χ3n) is 2.66. The van der Waals surface area contributed by atoms with Gasteiger partial charge in [-0.1, -0.05) is 11.5 Å². The maximum atomic E-state index is 10.3. The number of rotatable bonds is 15. The van der Waals surface area contributed by atoms with Crippen LogP contribution in [0, 0.1) is 0 Å². The number of nitrogens with two attached hydrogens (primary N) is 1. The Morgan fingerprint density at radius 3 is 2.05 bits per heavy atom. The van der Waals surface area contributed by atoms with Crippen molar-refractivity contribution in [2.45, 2.75) is 38.5 Å². The Bertz CT molecular complexity index is 282. The van der Waals surface area contributed by atoms with Crippen molar-refractivity contribution in [3.63, 3.8) is 0 Å². The summed E-state index contributed by atoms with van der Waals surface area (Å²) in [6.45, 7) is 3.52. The molecule has 8 nitrogen and oxygen atoms in total. The highest BCUT2D eigenvalue weighted by molar-refractivity contribution is 5.64. The van der Waals surface area contributed by atoms with E-state index in [9.17, 15) is 4.79 Å². The van der Waals surface area contributed by atoms with E-state index in [0.717, 1.165) is 38.5 Å². The molecule has 0 spiro atoms. The second kappa shape index (κ2) is 16.6. The Hall–Kier alpha value is -1.50. The summed E-state index contributed by atoms with van der Waals surface area (Å²) < 4.78 is 15.4. The Balaban J connectivity index is 2.99. The molecular weight excluding hydrogens is 276 g/mol. The van der Waals surface area contributed by atoms with Crippen molar-refractivity contribution in [3.8, 4) is 0 Å². The zero-order valence-corrected chi connectivity index (χ0v) is 12.5. The Labute approximate surface area is 125 Å². The molecule has 0 saturated heterocycles. The standard InChI is InChI=1S/C13H26N4O4/c14-13(18)21-10-6-2-5-9-20-12-11-19-8-4-1-3-7-16-17-15/h1-12H2,(H2,14,18). The minimum absolute atomic E-state index is 0.373. The smallest absolute Gasteiger partial charge is 0.404 e. The fourth-order valence-electron chi connectivity index (χ4n) is 1.59. The fourth-order valence-corrected chi connectivity index (χ4v) is 1.59. The molecule has 0 aromatic carbocycles. The van der Waals surface area contributed by atoms with Crippen molar-refractivity contribution in [3.05, 3.63) is 10.4 Å². The van der Waals surface area contributed by atoms with Crippen LogP contribution in [0.2, 0.25) is 0 Å². The van der Waals surface area contributed by atoms with Crippen LogP contribution in [0.5, 0.6) is 0 Å². The minimum atomic E-state index is -0.721. The normalized spacial score (nSPS) is 10.1. The van der Waals surface area contributed by atoms with Gasteiger partial charge in [0.2, 0.25) is 0 Å². The summed E-state index contributed by atoms with van der Waals surface area (Å²) in [5, 5.41) is 3.46. The van der Waals surface area contributed by atoms with Gasteiger partial charge in [-0.2, -0.15) is 0 Å². The molecule has 0 fully saturated rings. The third-order valence-corrected chi connectivity index (χ3v) is 2.66. The van der Waals surface area contributed by atoms with Gasteiger partial charge in [-0.25, -0.2) is 4.79 Å². The summed E-state index contributed by atoms with van der Waals surface area (Å²) in [6, 6.07) is 0. The maximum Gasteiger partial charge on any atom is 0.404 e. The first kappa shape index (κ1) is 19.5. The number of hydrogen-bond acceptors (Lipinski definition) is 5. The molecule has 2 N–H and O–H groups in total. The average molecular weight is 302 g/mol. The molecule has 122 valence electrons. The first-order valence-electron chi connectivity index (χ1n) is 7.36. The zero-order valence-electron chi connectivity index (χ0n) is 12.5. The largest absolute Gasteiger partial charge is 0.450 e. The lowest BCUT2D eigenvalue weighted by molar-refractivity contribution is 0.0445. The molecule has 0 heterocycles. The van der Waals surface area contributed by atoms with Crippen LogP contribution in [-0.4, -0.2) is 45.7 Å². The number of hydrogen-bond donors (Lipinski definition) is 1. The monoisotopic (exact) mass is 302 g/mol. The summed E-state index contributed by atoms with van der Waals surface area (Å²) in [5.41, 5.74) is 12.9. The molecule has 0 aromatic rings. The van der Waals surface area contributed by atoms with Gasteiger partial charge in [-0.05, 0) is 37.6 Å². The Morgan fingerprint density at radius 1 is 0.905 bits per heavy atom. The molecule has 21 heavy (non-hydrogen) atoms. The van der Waals surface area contributed by atoms with Gasteiger partial charge in [0.25, 0.3) is 0 Å². The predicted molar refractivity (Wildman–Crippen MR) is 78.9 cm³/mol. The molecule has 0 aliphatic rings. The van der Waals surface area contributed by atoms with E-state index in [-0.39, 0.29) is 0 Å². The highest BCUT2D eigenvalue weighted by atomic mass is 16.5. The molecule has 0 rings (SSSR count). The van der Waals surface area contributed by atoms with Crippen LogP contribution in [0.3, 0.4) is 0 Å². The number of unbranched alkanes of at least 4 members (excludes halogenated alkanes) is 4. The second-order valence-electron chi connectivity index (χ2n) is 4.47. The molecule has 1 amide bonds. The molecule has 0 radical (unpaired) electrons. The van der Waals surface area contributed by atoms with Crippen molar-refractivity contribution >= 4 is 6.09 Å². The summed E-state index contributed by atoms with van der Waals surface area (Å²) in [4.78, 5) is 13.0. The molecule has 8 heteroatoms. The second-order valence-corrected chi connectivity index (χ2v) is 4.47. The van der Waals surface area contributed by atoms with E-state index in [1.807, 2.05) is 0 Å². The lowest BCUT2D eigenvalue weighted by Gasteiger charge is -2.06. The number of carbonyl (C=O) groups is 1. The molecule has 0 saturated carbocycles. The van der Waals surface area contributed by atoms with E-state index in [4.69, 9.17) is 20.7 Å². The van der Waals surface area contributed by atoms with E-state index in [0.29, 0.717) is 39.6 Å². The molecule has 0 aliphatic carbocycles. The van der Waals surface area contributed by atoms with Gasteiger partial charge in [0.1, 0.15) is 0 Å². The number of azide groups is 1. The molecule has 0 aromatic heterocycles. The first-order valence-corrected chi connectivity index (χ1v) is 7.36. The summed E-state index contributed by atoms with van der Waals surface area (Å²) in [7, 11) is 0. The van der Waals surface area contributed by atoms with E-state index in [2.05, 4.69) is 14.8 Å².